The van der Waals surface area contributed by atoms with Gasteiger partial charge in [-0.3, -0.25) is 9.59 Å². The fraction of sp³-hybridized carbons (Fsp3) is 0.182. The third kappa shape index (κ3) is 1.94. The predicted molar refractivity (Wildman–Crippen MR) is 60.5 cm³/mol. The second-order valence-electron chi connectivity index (χ2n) is 3.17. The molecule has 0 aliphatic carbocycles. The van der Waals surface area contributed by atoms with Gasteiger partial charge in [0.1, 0.15) is 0 Å². The molecule has 2 rings (SSSR count). The van der Waals surface area contributed by atoms with E-state index in [0.29, 0.717) is 5.71 Å². The largest absolute Gasteiger partial charge is 0.468 e. The van der Waals surface area contributed by atoms with E-state index in [0.717, 1.165) is 4.88 Å². The first-order valence-corrected chi connectivity index (χ1v) is 5.53. The van der Waals surface area contributed by atoms with Gasteiger partial charge in [0.2, 0.25) is 0 Å². The molecule has 16 heavy (non-hydrogen) atoms. The minimum atomic E-state index is -0.895. The number of thiophene rings is 1. The van der Waals surface area contributed by atoms with E-state index >= 15 is 0 Å². The molecule has 0 aromatic carbocycles. The Morgan fingerprint density at radius 3 is 2.94 bits per heavy atom. The lowest BCUT2D eigenvalue weighted by molar-refractivity contribution is -0.147. The van der Waals surface area contributed by atoms with Crippen LogP contribution in [0, 0.1) is 5.92 Å². The summed E-state index contributed by atoms with van der Waals surface area (Å²) in [5, 5.41) is 1.91. The molecule has 1 amide bonds. The van der Waals surface area contributed by atoms with Crippen molar-refractivity contribution >= 4 is 28.9 Å². The Kier molecular flexibility index (Phi) is 2.96. The van der Waals surface area contributed by atoms with E-state index in [4.69, 9.17) is 0 Å². The van der Waals surface area contributed by atoms with Crippen molar-refractivity contribution in [2.75, 3.05) is 7.11 Å². The van der Waals surface area contributed by atoms with Crippen LogP contribution in [0.1, 0.15) is 4.88 Å². The van der Waals surface area contributed by atoms with Crippen LogP contribution in [0.3, 0.4) is 0 Å². The number of aliphatic imine (C=N–C) groups is 1. The number of nitrogens with zero attached hydrogens (tertiary/aromatic N) is 1. The van der Waals surface area contributed by atoms with Crippen molar-refractivity contribution in [1.82, 2.24) is 0 Å². The zero-order chi connectivity index (χ0) is 11.5. The summed E-state index contributed by atoms with van der Waals surface area (Å²) in [6.45, 7) is 0. The van der Waals surface area contributed by atoms with E-state index < -0.39 is 17.8 Å². The number of amides is 1. The SMILES string of the molecule is COC(=O)C1C=CC(c2cccs2)=NC1=O. The molecule has 5 heteroatoms. The van der Waals surface area contributed by atoms with E-state index in [-0.39, 0.29) is 0 Å². The minimum Gasteiger partial charge on any atom is -0.468 e. The Morgan fingerprint density at radius 2 is 2.38 bits per heavy atom. The van der Waals surface area contributed by atoms with Crippen molar-refractivity contribution in [3.63, 3.8) is 0 Å². The number of ether oxygens (including phenoxy) is 1. The van der Waals surface area contributed by atoms with Gasteiger partial charge < -0.3 is 4.74 Å². The van der Waals surface area contributed by atoms with Gasteiger partial charge in [0.25, 0.3) is 5.91 Å². The number of hydrogen-bond acceptors (Lipinski definition) is 4. The molecular weight excluding hydrogens is 226 g/mol. The van der Waals surface area contributed by atoms with E-state index in [1.54, 1.807) is 6.08 Å². The summed E-state index contributed by atoms with van der Waals surface area (Å²) in [4.78, 5) is 27.6. The molecule has 0 radical (unpaired) electrons. The van der Waals surface area contributed by atoms with Crippen LogP contribution >= 0.6 is 11.3 Å². The summed E-state index contributed by atoms with van der Waals surface area (Å²) < 4.78 is 4.51. The van der Waals surface area contributed by atoms with E-state index in [9.17, 15) is 9.59 Å². The monoisotopic (exact) mass is 235 g/mol. The van der Waals surface area contributed by atoms with E-state index in [2.05, 4.69) is 9.73 Å². The molecule has 1 aliphatic rings. The molecule has 4 nitrogen and oxygen atoms in total. The van der Waals surface area contributed by atoms with Crippen molar-refractivity contribution in [3.8, 4) is 0 Å². The number of carbonyl (C=O) groups is 2. The quantitative estimate of drug-likeness (QED) is 0.575. The zero-order valence-electron chi connectivity index (χ0n) is 8.54. The lowest BCUT2D eigenvalue weighted by Crippen LogP contribution is -2.25. The predicted octanol–water partition coefficient (Wildman–Crippen LogP) is 1.42. The third-order valence-corrected chi connectivity index (χ3v) is 3.06. The van der Waals surface area contributed by atoms with Gasteiger partial charge in [-0.2, -0.15) is 0 Å². The maximum Gasteiger partial charge on any atom is 0.322 e. The Labute approximate surface area is 96.3 Å². The van der Waals surface area contributed by atoms with Gasteiger partial charge in [-0.1, -0.05) is 12.1 Å². The van der Waals surface area contributed by atoms with Crippen LogP contribution < -0.4 is 0 Å². The maximum atomic E-state index is 11.6. The summed E-state index contributed by atoms with van der Waals surface area (Å²) in [6.07, 6.45) is 3.20. The number of methoxy groups -OCH3 is 1. The Balaban J connectivity index is 2.23. The number of dihydropyridines is 1. The van der Waals surface area contributed by atoms with Crippen molar-refractivity contribution in [3.05, 3.63) is 34.5 Å². The molecule has 0 saturated heterocycles. The van der Waals surface area contributed by atoms with Gasteiger partial charge >= 0.3 is 5.97 Å². The topological polar surface area (TPSA) is 55.7 Å². The van der Waals surface area contributed by atoms with Crippen molar-refractivity contribution < 1.29 is 14.3 Å². The summed E-state index contributed by atoms with van der Waals surface area (Å²) >= 11 is 1.50. The minimum absolute atomic E-state index is 0.474. The maximum absolute atomic E-state index is 11.6. The molecule has 0 saturated carbocycles. The average molecular weight is 235 g/mol. The van der Waals surface area contributed by atoms with Gasteiger partial charge in [0, 0.05) is 0 Å². The fourth-order valence-electron chi connectivity index (χ4n) is 1.36. The number of hydrogen-bond donors (Lipinski definition) is 0. The first kappa shape index (κ1) is 10.8. The van der Waals surface area contributed by atoms with Crippen molar-refractivity contribution in [1.29, 1.82) is 0 Å². The molecule has 0 N–H and O–H groups in total. The Morgan fingerprint density at radius 1 is 1.56 bits per heavy atom. The summed E-state index contributed by atoms with van der Waals surface area (Å²) in [6, 6.07) is 3.76. The van der Waals surface area contributed by atoms with Gasteiger partial charge in [0.15, 0.2) is 5.92 Å². The number of carbonyl (C=O) groups excluding carboxylic acids is 2. The second kappa shape index (κ2) is 4.40. The second-order valence-corrected chi connectivity index (χ2v) is 4.12. The van der Waals surface area contributed by atoms with Crippen LogP contribution in [0.4, 0.5) is 0 Å². The molecule has 2 heterocycles. The van der Waals surface area contributed by atoms with Crippen molar-refractivity contribution in [2.24, 2.45) is 10.9 Å². The lowest BCUT2D eigenvalue weighted by Gasteiger charge is -2.11. The summed E-state index contributed by atoms with van der Waals surface area (Å²) in [7, 11) is 1.25. The van der Waals surface area contributed by atoms with Gasteiger partial charge in [-0.25, -0.2) is 4.99 Å². The fourth-order valence-corrected chi connectivity index (χ4v) is 2.06. The molecule has 0 bridgehead atoms. The normalized spacial score (nSPS) is 19.4. The van der Waals surface area contributed by atoms with E-state index in [1.807, 2.05) is 17.5 Å². The molecule has 1 atom stereocenters. The number of esters is 1. The Bertz CT molecular complexity index is 473. The molecular formula is C11H9NO3S. The Hall–Kier alpha value is -1.75. The summed E-state index contributed by atoms with van der Waals surface area (Å²) in [5.74, 6) is -1.94. The van der Waals surface area contributed by atoms with Crippen molar-refractivity contribution in [2.45, 2.75) is 0 Å². The summed E-state index contributed by atoms with van der Waals surface area (Å²) in [5.41, 5.74) is 0.597. The van der Waals surface area contributed by atoms with Gasteiger partial charge in [0.05, 0.1) is 17.7 Å². The number of rotatable bonds is 2. The average Bonchev–Trinajstić information content (AvgIpc) is 2.81. The standard InChI is InChI=1S/C11H9NO3S/c1-15-11(14)7-4-5-8(12-10(7)13)9-3-2-6-16-9/h2-7H,1H3. The van der Waals surface area contributed by atoms with Gasteiger partial charge in [-0.05, 0) is 17.5 Å². The molecule has 1 aromatic heterocycles. The highest BCUT2D eigenvalue weighted by atomic mass is 32.1. The van der Waals surface area contributed by atoms with Crippen LogP contribution in [0.2, 0.25) is 0 Å². The van der Waals surface area contributed by atoms with Crippen LogP contribution in [-0.2, 0) is 14.3 Å². The van der Waals surface area contributed by atoms with Crippen LogP contribution in [0.15, 0.2) is 34.7 Å². The molecule has 1 unspecified atom stereocenters. The molecule has 1 aliphatic heterocycles. The first-order valence-electron chi connectivity index (χ1n) is 4.65. The van der Waals surface area contributed by atoms with Crippen LogP contribution in [-0.4, -0.2) is 24.7 Å². The highest BCUT2D eigenvalue weighted by Gasteiger charge is 2.27. The first-order chi connectivity index (χ1) is 7.72. The highest BCUT2D eigenvalue weighted by Crippen LogP contribution is 2.17. The molecule has 1 aromatic rings. The van der Waals surface area contributed by atoms with Crippen LogP contribution in [0.5, 0.6) is 0 Å². The smallest absolute Gasteiger partial charge is 0.322 e. The van der Waals surface area contributed by atoms with Gasteiger partial charge in [-0.15, -0.1) is 11.3 Å². The highest BCUT2D eigenvalue weighted by molar-refractivity contribution is 7.12. The number of allylic oxidation sites excluding steroid dienone is 1. The van der Waals surface area contributed by atoms with E-state index in [1.165, 1.54) is 24.5 Å². The lowest BCUT2D eigenvalue weighted by atomic mass is 10.0. The molecule has 0 fully saturated rings. The van der Waals surface area contributed by atoms with Crippen LogP contribution in [0.25, 0.3) is 0 Å². The molecule has 82 valence electrons. The zero-order valence-corrected chi connectivity index (χ0v) is 9.36. The molecule has 0 spiro atoms. The third-order valence-electron chi connectivity index (χ3n) is 2.17.